The molecule has 3 nitrogen and oxygen atoms in total. The number of aliphatic hydroxyl groups excluding tert-OH is 1. The van der Waals surface area contributed by atoms with E-state index in [0.717, 1.165) is 19.6 Å². The molecule has 3 unspecified atom stereocenters. The molecule has 1 aliphatic heterocycles. The summed E-state index contributed by atoms with van der Waals surface area (Å²) in [6.07, 6.45) is -0.206. The van der Waals surface area contributed by atoms with E-state index in [2.05, 4.69) is 30.7 Å². The molecule has 0 bridgehead atoms. The highest BCUT2D eigenvalue weighted by atomic mass is 16.3. The molecule has 78 valence electrons. The van der Waals surface area contributed by atoms with Crippen molar-refractivity contribution in [2.45, 2.75) is 39.0 Å². The zero-order valence-corrected chi connectivity index (χ0v) is 9.20. The summed E-state index contributed by atoms with van der Waals surface area (Å²) in [4.78, 5) is 4.75. The maximum Gasteiger partial charge on any atom is 0.0639 e. The van der Waals surface area contributed by atoms with Crippen molar-refractivity contribution >= 4 is 0 Å². The third-order valence-electron chi connectivity index (χ3n) is 2.96. The van der Waals surface area contributed by atoms with E-state index in [1.165, 1.54) is 0 Å². The van der Waals surface area contributed by atoms with Crippen LogP contribution in [0, 0.1) is 0 Å². The van der Waals surface area contributed by atoms with Gasteiger partial charge in [-0.1, -0.05) is 0 Å². The molecule has 1 fully saturated rings. The lowest BCUT2D eigenvalue weighted by molar-refractivity contribution is 0.0330. The Morgan fingerprint density at radius 1 is 1.31 bits per heavy atom. The van der Waals surface area contributed by atoms with E-state index in [9.17, 15) is 5.11 Å². The molecule has 0 aromatic carbocycles. The van der Waals surface area contributed by atoms with E-state index in [-0.39, 0.29) is 6.10 Å². The van der Waals surface area contributed by atoms with E-state index in [1.807, 2.05) is 6.92 Å². The molecule has 1 heterocycles. The second-order valence-corrected chi connectivity index (χ2v) is 4.43. The summed E-state index contributed by atoms with van der Waals surface area (Å²) in [6, 6.07) is 1.20. The Balaban J connectivity index is 2.44. The van der Waals surface area contributed by atoms with Gasteiger partial charge in [0, 0.05) is 31.7 Å². The fourth-order valence-corrected chi connectivity index (χ4v) is 2.04. The number of hydrogen-bond acceptors (Lipinski definition) is 3. The number of aliphatic hydroxyl groups is 1. The van der Waals surface area contributed by atoms with Crippen molar-refractivity contribution in [1.29, 1.82) is 0 Å². The number of hydrogen-bond donors (Lipinski definition) is 1. The van der Waals surface area contributed by atoms with E-state index in [1.54, 1.807) is 0 Å². The summed E-state index contributed by atoms with van der Waals surface area (Å²) in [5.41, 5.74) is 0. The lowest BCUT2D eigenvalue weighted by Gasteiger charge is -2.42. The first-order valence-electron chi connectivity index (χ1n) is 5.13. The minimum atomic E-state index is -0.206. The van der Waals surface area contributed by atoms with Crippen molar-refractivity contribution in [2.24, 2.45) is 0 Å². The second-order valence-electron chi connectivity index (χ2n) is 4.43. The lowest BCUT2D eigenvalue weighted by Crippen LogP contribution is -2.55. The van der Waals surface area contributed by atoms with Gasteiger partial charge in [-0.05, 0) is 27.8 Å². The average Bonchev–Trinajstić information content (AvgIpc) is 1.98. The number of nitrogens with zero attached hydrogens (tertiary/aromatic N) is 2. The molecule has 3 atom stereocenters. The Kier molecular flexibility index (Phi) is 3.71. The second kappa shape index (κ2) is 4.40. The normalized spacial score (nSPS) is 34.8. The number of likely N-dealkylation sites (N-methyl/N-ethyl adjacent to an activating group) is 1. The zero-order valence-electron chi connectivity index (χ0n) is 9.20. The van der Waals surface area contributed by atoms with Gasteiger partial charge in [0.1, 0.15) is 0 Å². The van der Waals surface area contributed by atoms with Gasteiger partial charge in [-0.25, -0.2) is 0 Å². The number of rotatable bonds is 2. The Morgan fingerprint density at radius 3 is 2.15 bits per heavy atom. The van der Waals surface area contributed by atoms with E-state index >= 15 is 0 Å². The predicted octanol–water partition coefficient (Wildman–Crippen LogP) is 0.392. The smallest absolute Gasteiger partial charge is 0.0639 e. The van der Waals surface area contributed by atoms with Crippen LogP contribution in [0.5, 0.6) is 0 Å². The zero-order chi connectivity index (χ0) is 10.0. The Bertz CT molecular complexity index is 149. The van der Waals surface area contributed by atoms with Gasteiger partial charge in [-0.3, -0.25) is 9.80 Å². The van der Waals surface area contributed by atoms with E-state index in [4.69, 9.17) is 0 Å². The summed E-state index contributed by atoms with van der Waals surface area (Å²) in [6.45, 7) is 9.29. The molecule has 1 aliphatic rings. The molecule has 13 heavy (non-hydrogen) atoms. The number of β-amino-alcohol motifs (C(OH)–C–C–N with tert-alkyl or cyclic N) is 1. The van der Waals surface area contributed by atoms with Crippen molar-refractivity contribution in [1.82, 2.24) is 9.80 Å². The molecular weight excluding hydrogens is 164 g/mol. The molecule has 0 aliphatic carbocycles. The monoisotopic (exact) mass is 186 g/mol. The molecule has 0 saturated carbocycles. The van der Waals surface area contributed by atoms with Gasteiger partial charge in [-0.15, -0.1) is 0 Å². The van der Waals surface area contributed by atoms with Gasteiger partial charge in [0.2, 0.25) is 0 Å². The molecule has 0 aromatic rings. The van der Waals surface area contributed by atoms with Crippen LogP contribution < -0.4 is 0 Å². The summed E-state index contributed by atoms with van der Waals surface area (Å²) in [5, 5.41) is 9.29. The molecule has 1 rings (SSSR count). The molecule has 1 N–H and O–H groups in total. The van der Waals surface area contributed by atoms with Crippen molar-refractivity contribution in [3.63, 3.8) is 0 Å². The van der Waals surface area contributed by atoms with Crippen molar-refractivity contribution < 1.29 is 5.11 Å². The average molecular weight is 186 g/mol. The van der Waals surface area contributed by atoms with Gasteiger partial charge < -0.3 is 5.11 Å². The van der Waals surface area contributed by atoms with Crippen LogP contribution in [0.3, 0.4) is 0 Å². The van der Waals surface area contributed by atoms with Gasteiger partial charge in [-0.2, -0.15) is 0 Å². The first-order valence-corrected chi connectivity index (χ1v) is 5.13. The maximum atomic E-state index is 9.29. The van der Waals surface area contributed by atoms with Gasteiger partial charge in [0.25, 0.3) is 0 Å². The fourth-order valence-electron chi connectivity index (χ4n) is 2.04. The molecule has 0 aromatic heterocycles. The highest BCUT2D eigenvalue weighted by Gasteiger charge is 2.26. The van der Waals surface area contributed by atoms with Crippen molar-refractivity contribution in [3.8, 4) is 0 Å². The third kappa shape index (κ3) is 2.93. The summed E-state index contributed by atoms with van der Waals surface area (Å²) >= 11 is 0. The van der Waals surface area contributed by atoms with Gasteiger partial charge >= 0.3 is 0 Å². The molecule has 1 saturated heterocycles. The topological polar surface area (TPSA) is 26.7 Å². The highest BCUT2D eigenvalue weighted by Crippen LogP contribution is 2.13. The minimum Gasteiger partial charge on any atom is -0.392 e. The van der Waals surface area contributed by atoms with Crippen LogP contribution in [0.1, 0.15) is 20.8 Å². The van der Waals surface area contributed by atoms with E-state index in [0.29, 0.717) is 12.1 Å². The van der Waals surface area contributed by atoms with Crippen molar-refractivity contribution in [3.05, 3.63) is 0 Å². The third-order valence-corrected chi connectivity index (χ3v) is 2.96. The van der Waals surface area contributed by atoms with Crippen LogP contribution in [0.2, 0.25) is 0 Å². The largest absolute Gasteiger partial charge is 0.392 e. The molecule has 0 spiro atoms. The Labute approximate surface area is 81.3 Å². The first-order chi connectivity index (χ1) is 6.00. The van der Waals surface area contributed by atoms with Crippen LogP contribution in [0.25, 0.3) is 0 Å². The first kappa shape index (κ1) is 11.0. The highest BCUT2D eigenvalue weighted by molar-refractivity contribution is 4.83. The molecular formula is C10H22N2O. The fraction of sp³-hybridized carbons (Fsp3) is 1.00. The van der Waals surface area contributed by atoms with Gasteiger partial charge in [0.05, 0.1) is 6.10 Å². The van der Waals surface area contributed by atoms with E-state index < -0.39 is 0 Å². The van der Waals surface area contributed by atoms with Crippen LogP contribution >= 0.6 is 0 Å². The van der Waals surface area contributed by atoms with Crippen molar-refractivity contribution in [2.75, 3.05) is 26.7 Å². The quantitative estimate of drug-likeness (QED) is 0.676. The molecule has 3 heteroatoms. The minimum absolute atomic E-state index is 0.206. The van der Waals surface area contributed by atoms with Crippen LogP contribution in [0.15, 0.2) is 0 Å². The summed E-state index contributed by atoms with van der Waals surface area (Å²) in [7, 11) is 2.18. The Morgan fingerprint density at radius 2 is 1.77 bits per heavy atom. The summed E-state index contributed by atoms with van der Waals surface area (Å²) in [5.74, 6) is 0. The summed E-state index contributed by atoms with van der Waals surface area (Å²) < 4.78 is 0. The van der Waals surface area contributed by atoms with Crippen LogP contribution in [-0.2, 0) is 0 Å². The SMILES string of the molecule is CC(O)CN1CC(C)N(C)C(C)C1. The van der Waals surface area contributed by atoms with Crippen LogP contribution in [-0.4, -0.2) is 59.8 Å². The Hall–Kier alpha value is -0.120. The van der Waals surface area contributed by atoms with Crippen LogP contribution in [0.4, 0.5) is 0 Å². The number of piperazine rings is 1. The lowest BCUT2D eigenvalue weighted by atomic mass is 10.1. The maximum absolute atomic E-state index is 9.29. The standard InChI is InChI=1S/C10H22N2O/c1-8-5-12(7-10(3)13)6-9(2)11(8)4/h8-10,13H,5-7H2,1-4H3. The predicted molar refractivity (Wildman–Crippen MR) is 54.8 cm³/mol. The molecule has 0 amide bonds. The van der Waals surface area contributed by atoms with Gasteiger partial charge in [0.15, 0.2) is 0 Å². The molecule has 0 radical (unpaired) electrons.